The molecule has 0 aliphatic carbocycles. The first-order valence-electron chi connectivity index (χ1n) is 10.5. The van der Waals surface area contributed by atoms with Crippen molar-refractivity contribution in [1.82, 2.24) is 14.7 Å². The lowest BCUT2D eigenvalue weighted by Crippen LogP contribution is -2.51. The molecular formula is C21H32N4O7. The Morgan fingerprint density at radius 2 is 1.41 bits per heavy atom. The van der Waals surface area contributed by atoms with Gasteiger partial charge < -0.3 is 25.8 Å². The van der Waals surface area contributed by atoms with Crippen molar-refractivity contribution in [3.05, 3.63) is 29.8 Å². The number of carbonyl (C=O) groups is 3. The SMILES string of the molecule is Nc1ccc(C[C@H]2CN(CC(=O)O)CCN(CC(=O)O)CCOCCN2CC(=O)O)cc1. The van der Waals surface area contributed by atoms with E-state index in [0.29, 0.717) is 51.4 Å². The minimum Gasteiger partial charge on any atom is -0.480 e. The molecule has 0 aromatic heterocycles. The summed E-state index contributed by atoms with van der Waals surface area (Å²) in [4.78, 5) is 39.4. The average Bonchev–Trinajstić information content (AvgIpc) is 2.69. The molecule has 0 bridgehead atoms. The van der Waals surface area contributed by atoms with E-state index in [9.17, 15) is 24.6 Å². The normalized spacial score (nSPS) is 20.2. The first-order valence-corrected chi connectivity index (χ1v) is 10.5. The van der Waals surface area contributed by atoms with Gasteiger partial charge in [0.25, 0.3) is 0 Å². The van der Waals surface area contributed by atoms with Gasteiger partial charge in [-0.1, -0.05) is 12.1 Å². The second kappa shape index (κ2) is 13.0. The third kappa shape index (κ3) is 9.60. The molecule has 11 heteroatoms. The van der Waals surface area contributed by atoms with E-state index in [2.05, 4.69) is 0 Å². The number of nitrogens with zero attached hydrogens (tertiary/aromatic N) is 3. The summed E-state index contributed by atoms with van der Waals surface area (Å²) >= 11 is 0. The van der Waals surface area contributed by atoms with E-state index in [4.69, 9.17) is 15.6 Å². The summed E-state index contributed by atoms with van der Waals surface area (Å²) in [5.41, 5.74) is 7.34. The van der Waals surface area contributed by atoms with Crippen LogP contribution in [0.1, 0.15) is 5.56 Å². The number of hydrogen-bond donors (Lipinski definition) is 4. The molecule has 1 atom stereocenters. The smallest absolute Gasteiger partial charge is 0.317 e. The van der Waals surface area contributed by atoms with Gasteiger partial charge in [0.2, 0.25) is 0 Å². The number of rotatable bonds is 8. The molecule has 5 N–H and O–H groups in total. The Labute approximate surface area is 186 Å². The van der Waals surface area contributed by atoms with Gasteiger partial charge in [0.05, 0.1) is 32.8 Å². The van der Waals surface area contributed by atoms with Gasteiger partial charge in [-0.25, -0.2) is 0 Å². The van der Waals surface area contributed by atoms with Crippen LogP contribution < -0.4 is 5.73 Å². The topological polar surface area (TPSA) is 157 Å². The Morgan fingerprint density at radius 1 is 0.844 bits per heavy atom. The Balaban J connectivity index is 2.26. The van der Waals surface area contributed by atoms with Crippen LogP contribution in [0.2, 0.25) is 0 Å². The van der Waals surface area contributed by atoms with Gasteiger partial charge in [-0.15, -0.1) is 0 Å². The van der Waals surface area contributed by atoms with E-state index < -0.39 is 17.9 Å². The second-order valence-electron chi connectivity index (χ2n) is 7.87. The fraction of sp³-hybridized carbons (Fsp3) is 0.571. The number of carboxylic acid groups (broad SMARTS) is 3. The van der Waals surface area contributed by atoms with Gasteiger partial charge in [-0.2, -0.15) is 0 Å². The highest BCUT2D eigenvalue weighted by Crippen LogP contribution is 2.14. The van der Waals surface area contributed by atoms with Crippen molar-refractivity contribution in [1.29, 1.82) is 0 Å². The number of benzene rings is 1. The maximum atomic E-state index is 11.5. The third-order valence-electron chi connectivity index (χ3n) is 5.30. The molecule has 11 nitrogen and oxygen atoms in total. The maximum absolute atomic E-state index is 11.5. The fourth-order valence-corrected chi connectivity index (χ4v) is 3.75. The predicted octanol–water partition coefficient (Wildman–Crippen LogP) is -0.630. The summed E-state index contributed by atoms with van der Waals surface area (Å²) in [5, 5.41) is 28.0. The van der Waals surface area contributed by atoms with Crippen molar-refractivity contribution in [2.75, 3.05) is 71.3 Å². The monoisotopic (exact) mass is 452 g/mol. The molecule has 178 valence electrons. The third-order valence-corrected chi connectivity index (χ3v) is 5.30. The van der Waals surface area contributed by atoms with Crippen LogP contribution in [0.5, 0.6) is 0 Å². The molecule has 1 fully saturated rings. The van der Waals surface area contributed by atoms with Crippen LogP contribution in [-0.4, -0.2) is 120 Å². The lowest BCUT2D eigenvalue weighted by atomic mass is 10.0. The zero-order valence-corrected chi connectivity index (χ0v) is 18.1. The standard InChI is InChI=1S/C21H32N4O7/c22-17-3-1-16(2-4-17)11-18-12-24(14-20(28)29)6-5-23(13-19(26)27)7-9-32-10-8-25(18)15-21(30)31/h1-4,18H,5-15,22H2,(H,26,27)(H,28,29)(H,30,31)/t18-/m0/s1. The van der Waals surface area contributed by atoms with Gasteiger partial charge in [-0.05, 0) is 24.1 Å². The van der Waals surface area contributed by atoms with Crippen LogP contribution in [0.15, 0.2) is 24.3 Å². The highest BCUT2D eigenvalue weighted by Gasteiger charge is 2.26. The Bertz CT molecular complexity index is 759. The van der Waals surface area contributed by atoms with Crippen molar-refractivity contribution in [3.63, 3.8) is 0 Å². The van der Waals surface area contributed by atoms with E-state index in [-0.39, 0.29) is 32.3 Å². The number of ether oxygens (including phenoxy) is 1. The van der Waals surface area contributed by atoms with E-state index in [0.717, 1.165) is 5.56 Å². The highest BCUT2D eigenvalue weighted by atomic mass is 16.5. The number of nitrogen functional groups attached to an aromatic ring is 1. The summed E-state index contributed by atoms with van der Waals surface area (Å²) in [7, 11) is 0. The van der Waals surface area contributed by atoms with Crippen molar-refractivity contribution in [2.45, 2.75) is 12.5 Å². The van der Waals surface area contributed by atoms with Crippen LogP contribution >= 0.6 is 0 Å². The first-order chi connectivity index (χ1) is 15.2. The second-order valence-corrected chi connectivity index (χ2v) is 7.87. The van der Waals surface area contributed by atoms with Gasteiger partial charge in [0.15, 0.2) is 0 Å². The van der Waals surface area contributed by atoms with E-state index in [1.54, 1.807) is 26.8 Å². The zero-order chi connectivity index (χ0) is 23.5. The lowest BCUT2D eigenvalue weighted by molar-refractivity contribution is -0.141. The van der Waals surface area contributed by atoms with E-state index in [1.807, 2.05) is 12.1 Å². The minimum absolute atomic E-state index is 0.162. The number of hydrogen-bond acceptors (Lipinski definition) is 8. The van der Waals surface area contributed by atoms with Crippen molar-refractivity contribution >= 4 is 23.6 Å². The lowest BCUT2D eigenvalue weighted by Gasteiger charge is -2.36. The molecule has 0 radical (unpaired) electrons. The summed E-state index contributed by atoms with van der Waals surface area (Å²) in [6.45, 7) is 1.74. The number of aliphatic carboxylic acids is 3. The van der Waals surface area contributed by atoms with Crippen LogP contribution in [0.25, 0.3) is 0 Å². The van der Waals surface area contributed by atoms with Gasteiger partial charge in [0.1, 0.15) is 0 Å². The number of anilines is 1. The number of carboxylic acids is 3. The van der Waals surface area contributed by atoms with Crippen LogP contribution in [0, 0.1) is 0 Å². The van der Waals surface area contributed by atoms with Gasteiger partial charge >= 0.3 is 17.9 Å². The van der Waals surface area contributed by atoms with Crippen molar-refractivity contribution in [3.8, 4) is 0 Å². The zero-order valence-electron chi connectivity index (χ0n) is 18.1. The Hall–Kier alpha value is -2.73. The van der Waals surface area contributed by atoms with E-state index >= 15 is 0 Å². The summed E-state index contributed by atoms with van der Waals surface area (Å²) < 4.78 is 5.64. The van der Waals surface area contributed by atoms with E-state index in [1.165, 1.54) is 0 Å². The first kappa shape index (κ1) is 25.5. The molecule has 1 aromatic carbocycles. The molecule has 1 aliphatic heterocycles. The molecular weight excluding hydrogens is 420 g/mol. The van der Waals surface area contributed by atoms with Crippen molar-refractivity contribution < 1.29 is 34.4 Å². The molecule has 0 spiro atoms. The molecule has 2 rings (SSSR count). The van der Waals surface area contributed by atoms with Gasteiger partial charge in [0, 0.05) is 44.5 Å². The highest BCUT2D eigenvalue weighted by molar-refractivity contribution is 5.70. The largest absolute Gasteiger partial charge is 0.480 e. The quantitative estimate of drug-likeness (QED) is 0.372. The molecule has 32 heavy (non-hydrogen) atoms. The van der Waals surface area contributed by atoms with Gasteiger partial charge in [-0.3, -0.25) is 29.1 Å². The predicted molar refractivity (Wildman–Crippen MR) is 117 cm³/mol. The molecule has 0 amide bonds. The molecule has 0 unspecified atom stereocenters. The molecule has 1 aliphatic rings. The summed E-state index contributed by atoms with van der Waals surface area (Å²) in [6.07, 6.45) is 0.502. The molecule has 0 saturated carbocycles. The summed E-state index contributed by atoms with van der Waals surface area (Å²) in [5.74, 6) is -2.94. The summed E-state index contributed by atoms with van der Waals surface area (Å²) in [6, 6.07) is 7.00. The van der Waals surface area contributed by atoms with Crippen LogP contribution in [-0.2, 0) is 25.5 Å². The minimum atomic E-state index is -0.999. The van der Waals surface area contributed by atoms with Crippen LogP contribution in [0.3, 0.4) is 0 Å². The Morgan fingerprint density at radius 3 is 2.03 bits per heavy atom. The fourth-order valence-electron chi connectivity index (χ4n) is 3.75. The molecule has 1 saturated heterocycles. The Kier molecular flexibility index (Phi) is 10.3. The van der Waals surface area contributed by atoms with Crippen LogP contribution in [0.4, 0.5) is 5.69 Å². The maximum Gasteiger partial charge on any atom is 0.317 e. The number of nitrogens with two attached hydrogens (primary N) is 1. The molecule has 1 heterocycles. The van der Waals surface area contributed by atoms with Crippen molar-refractivity contribution in [2.24, 2.45) is 0 Å². The molecule has 1 aromatic rings. The average molecular weight is 453 g/mol.